The summed E-state index contributed by atoms with van der Waals surface area (Å²) in [5.74, 6) is -18.9. The molecule has 12 atom stereocenters. The summed E-state index contributed by atoms with van der Waals surface area (Å²) < 4.78 is 187. The molecule has 0 bridgehead atoms. The predicted molar refractivity (Wildman–Crippen MR) is 391 cm³/mol. The third-order valence-electron chi connectivity index (χ3n) is 19.4. The number of halogens is 10. The molecule has 12 N–H and O–H groups in total. The molecule has 4 aromatic carbocycles. The van der Waals surface area contributed by atoms with Crippen LogP contribution in [0, 0.1) is 22.9 Å². The van der Waals surface area contributed by atoms with E-state index in [0.29, 0.717) is 83.1 Å². The van der Waals surface area contributed by atoms with Crippen LogP contribution < -0.4 is 77.2 Å². The van der Waals surface area contributed by atoms with Crippen molar-refractivity contribution in [3.8, 4) is 40.2 Å². The number of nitrogens with one attached hydrogen (secondary N) is 4. The molecule has 0 radical (unpaired) electrons. The van der Waals surface area contributed by atoms with Gasteiger partial charge in [0.25, 0.3) is 29.3 Å². The van der Waals surface area contributed by atoms with Gasteiger partial charge in [-0.25, -0.2) is 23.6 Å². The van der Waals surface area contributed by atoms with Crippen LogP contribution in [0.5, 0.6) is 40.2 Å². The molecule has 4 saturated heterocycles. The van der Waals surface area contributed by atoms with Crippen LogP contribution in [-0.4, -0.2) is 240 Å². The van der Waals surface area contributed by atoms with Gasteiger partial charge in [-0.2, -0.15) is 55.1 Å². The molecule has 8 aliphatic rings. The van der Waals surface area contributed by atoms with Gasteiger partial charge in [-0.1, -0.05) is 0 Å². The Labute approximate surface area is 686 Å². The SMILES string of the molecule is Cc1cc2c(cc1C(=O)Nc1ccn(C3O[C@H](CO)[C@@H](O)C3(F)F)c(=O)n1)OCCO2.O=C(Nc1ccn(C2O[C@H](CO)[C@@H](O)C2(F)F)c(=O)n1)c1cc2c(cc1[N+](=O)[O-])CCO2.O=C(Nc1ccn(C2O[C@H](CO)[C@@H](O)C2(F)F)c(=O)n1)c1ccc2c(c1F)OCO2.O=C(Nc1ccn([C@@H]2O[C@H](CO)C(O)C2(F)F)c(=O)n1)c1c(Br)ccc2c1OCO2. The Kier molecular flexibility index (Phi) is 25.3. The largest absolute Gasteiger partial charge is 0.493 e. The molecule has 4 unspecified atom stereocenters. The highest BCUT2D eigenvalue weighted by Gasteiger charge is 2.63. The third-order valence-corrected chi connectivity index (χ3v) is 20.0. The molecular formula is C71H63BrF9N13O29. The Morgan fingerprint density at radius 1 is 0.463 bits per heavy atom. The maximum Gasteiger partial charge on any atom is 0.351 e. The van der Waals surface area contributed by atoms with E-state index in [1.807, 2.05) is 0 Å². The van der Waals surface area contributed by atoms with Gasteiger partial charge in [-0.15, -0.1) is 0 Å². The van der Waals surface area contributed by atoms with E-state index in [1.165, 1.54) is 24.3 Å². The number of amides is 4. The van der Waals surface area contributed by atoms with Crippen molar-refractivity contribution in [3.05, 3.63) is 193 Å². The quantitative estimate of drug-likeness (QED) is 0.0351. The number of aliphatic hydroxyl groups excluding tert-OH is 8. The second-order valence-electron chi connectivity index (χ2n) is 27.1. The summed E-state index contributed by atoms with van der Waals surface area (Å²) in [7, 11) is 0. The topological polar surface area (TPSA) is 562 Å². The minimum Gasteiger partial charge on any atom is -0.493 e. The zero-order chi connectivity index (χ0) is 88.8. The van der Waals surface area contributed by atoms with Crippen molar-refractivity contribution in [1.82, 2.24) is 38.2 Å². The molecule has 123 heavy (non-hydrogen) atoms. The summed E-state index contributed by atoms with van der Waals surface area (Å²) in [5, 5.41) is 95.1. The molecule has 0 saturated carbocycles. The maximum atomic E-state index is 14.4. The second-order valence-corrected chi connectivity index (χ2v) is 28.0. The number of hydrogen-bond acceptors (Lipinski definition) is 33. The van der Waals surface area contributed by atoms with Crippen LogP contribution in [0.4, 0.5) is 68.5 Å². The van der Waals surface area contributed by atoms with E-state index in [0.717, 1.165) is 55.1 Å². The van der Waals surface area contributed by atoms with Gasteiger partial charge in [-0.05, 0) is 89.1 Å². The number of carbonyl (C=O) groups is 4. The lowest BCUT2D eigenvalue weighted by molar-refractivity contribution is -0.385. The number of aromatic nitrogens is 8. The zero-order valence-corrected chi connectivity index (χ0v) is 63.8. The summed E-state index contributed by atoms with van der Waals surface area (Å²) in [4.78, 5) is 124. The molecule has 0 aliphatic carbocycles. The van der Waals surface area contributed by atoms with Crippen LogP contribution >= 0.6 is 15.9 Å². The highest BCUT2D eigenvalue weighted by atomic mass is 79.9. The first kappa shape index (κ1) is 88.4. The molecule has 52 heteroatoms. The smallest absolute Gasteiger partial charge is 0.351 e. The van der Waals surface area contributed by atoms with Crippen molar-refractivity contribution in [2.24, 2.45) is 0 Å². The minimum atomic E-state index is -3.89. The van der Waals surface area contributed by atoms with Crippen molar-refractivity contribution in [2.45, 2.75) is 111 Å². The number of carbonyl (C=O) groups excluding carboxylic acids is 4. The average Bonchev–Trinajstić information content (AvgIpc) is 1.63. The number of fused-ring (bicyclic) bond motifs is 4. The summed E-state index contributed by atoms with van der Waals surface area (Å²) >= 11 is 3.24. The molecular weight excluding hydrogens is 1750 g/mol. The van der Waals surface area contributed by atoms with E-state index < -0.39 is 192 Å². The van der Waals surface area contributed by atoms with Gasteiger partial charge in [0.2, 0.25) is 44.2 Å². The number of rotatable bonds is 17. The Bertz CT molecular complexity index is 5720. The number of aryl methyl sites for hydroxylation is 1. The monoisotopic (exact) mass is 1810 g/mol. The molecule has 8 aromatic rings. The summed E-state index contributed by atoms with van der Waals surface area (Å²) in [6, 6.07) is 15.5. The number of nitrogens with zero attached hydrogens (tertiary/aromatic N) is 9. The summed E-state index contributed by atoms with van der Waals surface area (Å²) in [6.45, 7) is -0.984. The summed E-state index contributed by atoms with van der Waals surface area (Å²) in [6.07, 6.45) is -20.2. The number of nitro benzene ring substituents is 1. The van der Waals surface area contributed by atoms with Crippen LogP contribution in [0.2, 0.25) is 0 Å². The number of hydrogen-bond donors (Lipinski definition) is 12. The summed E-state index contributed by atoms with van der Waals surface area (Å²) in [5.41, 5.74) is -4.43. The van der Waals surface area contributed by atoms with Gasteiger partial charge in [0.05, 0.1) is 49.1 Å². The van der Waals surface area contributed by atoms with Crippen LogP contribution in [0.3, 0.4) is 0 Å². The third kappa shape index (κ3) is 17.3. The molecule has 12 heterocycles. The Balaban J connectivity index is 0.000000141. The first-order chi connectivity index (χ1) is 58.3. The van der Waals surface area contributed by atoms with E-state index in [9.17, 15) is 108 Å². The van der Waals surface area contributed by atoms with Crippen molar-refractivity contribution >= 4 is 68.5 Å². The van der Waals surface area contributed by atoms with Crippen molar-refractivity contribution in [1.29, 1.82) is 0 Å². The van der Waals surface area contributed by atoms with Gasteiger partial charge in [-0.3, -0.25) is 47.6 Å². The molecule has 16 rings (SSSR count). The van der Waals surface area contributed by atoms with Crippen LogP contribution in [-0.2, 0) is 25.4 Å². The lowest BCUT2D eigenvalue weighted by Gasteiger charge is -2.21. The zero-order valence-electron chi connectivity index (χ0n) is 62.2. The van der Waals surface area contributed by atoms with Crippen LogP contribution in [0.15, 0.2) is 121 Å². The lowest BCUT2D eigenvalue weighted by atomic mass is 10.1. The number of alkyl halides is 8. The predicted octanol–water partition coefficient (Wildman–Crippen LogP) is 1.81. The standard InChI is InChI=1S/C19H19F2N3O7.C18H16F2N4O8.C17H14BrF2N3O7.C17H14F3N3O7/c1-9-6-11-12(30-5-4-29-11)7-10(9)16(27)22-14-2-3-24(18(28)23-14)17-19(20,21)15(26)13(8-25)31-17;19-18(20)14(26)12(7-25)32-16(18)23-3-1-13(22-17(23)28)21-15(27)9-6-11-8(2-4-31-11)5-10(9)24(29)30;18-7-1-2-8-12(29-6-28-8)11(7)14(26)21-10-3-4-23(16(27)22-10)15-17(19,20)13(25)9(5-24)30-15;18-11-7(1-2-8-12(11)29-6-28-8)14(26)21-10-3-4-23(16(27)22-10)15-17(19,20)13(25)9(5-24)30-15/h2-3,6-7,13,15,17,25-26H,4-5,8H2,1H3,(H,22,23,27,28);1,3,5-6,12,14,16,25-26H,2,4,7H2,(H,21,22,27,28);2*1-4,9,13,15,24-25H,5-6H2,(H,21,22,26,27)/t13-,15-,17?;12-,14-,16?;9-,13?,15-;9-,13-,15?/m1111/s1. The van der Waals surface area contributed by atoms with Gasteiger partial charge in [0, 0.05) is 58.9 Å². The lowest BCUT2D eigenvalue weighted by Crippen LogP contribution is -2.41. The fourth-order valence-electron chi connectivity index (χ4n) is 13.1. The molecule has 8 aliphatic heterocycles. The van der Waals surface area contributed by atoms with Crippen LogP contribution in [0.1, 0.15) is 77.5 Å². The van der Waals surface area contributed by atoms with Gasteiger partial charge >= 0.3 is 46.4 Å². The second kappa shape index (κ2) is 35.2. The maximum absolute atomic E-state index is 14.4. The molecule has 4 fully saturated rings. The molecule has 4 amide bonds. The minimum absolute atomic E-state index is 0.0589. The highest BCUT2D eigenvalue weighted by molar-refractivity contribution is 9.10. The normalized spacial score (nSPS) is 23.9. The number of nitro groups is 1. The van der Waals surface area contributed by atoms with Crippen LogP contribution in [0.25, 0.3) is 0 Å². The molecule has 42 nitrogen and oxygen atoms in total. The Hall–Kier alpha value is -12.4. The average molecular weight is 1810 g/mol. The Morgan fingerprint density at radius 2 is 0.813 bits per heavy atom. The van der Waals surface area contributed by atoms with Gasteiger partial charge in [0.15, 0.2) is 59.0 Å². The number of benzene rings is 4. The van der Waals surface area contributed by atoms with E-state index in [-0.39, 0.29) is 70.8 Å². The van der Waals surface area contributed by atoms with Crippen molar-refractivity contribution in [3.63, 3.8) is 0 Å². The number of aliphatic hydroxyl groups is 8. The first-order valence-corrected chi connectivity index (χ1v) is 36.5. The fraction of sp³-hybridized carbons (Fsp3) is 0.380. The number of ether oxygens (including phenoxy) is 11. The van der Waals surface area contributed by atoms with Gasteiger partial charge < -0.3 is 114 Å². The van der Waals surface area contributed by atoms with Gasteiger partial charge in [0.1, 0.15) is 72.2 Å². The number of anilines is 4. The van der Waals surface area contributed by atoms with E-state index >= 15 is 0 Å². The molecule has 0 spiro atoms. The molecule has 656 valence electrons. The van der Waals surface area contributed by atoms with Crippen molar-refractivity contribution < 1.29 is 157 Å². The van der Waals surface area contributed by atoms with Crippen molar-refractivity contribution in [2.75, 3.05) is 81.1 Å². The van der Waals surface area contributed by atoms with E-state index in [4.69, 9.17) is 72.5 Å². The fourth-order valence-corrected chi connectivity index (χ4v) is 13.6. The van der Waals surface area contributed by atoms with E-state index in [1.54, 1.807) is 25.1 Å². The molecule has 4 aromatic heterocycles. The Morgan fingerprint density at radius 3 is 1.20 bits per heavy atom. The highest BCUT2D eigenvalue weighted by Crippen LogP contribution is 2.48. The van der Waals surface area contributed by atoms with E-state index in [2.05, 4.69) is 57.1 Å². The first-order valence-electron chi connectivity index (χ1n) is 35.7.